The summed E-state index contributed by atoms with van der Waals surface area (Å²) in [6.07, 6.45) is 0. The van der Waals surface area contributed by atoms with Crippen LogP contribution in [0.15, 0.2) is 24.3 Å². The van der Waals surface area contributed by atoms with E-state index in [2.05, 4.69) is 5.32 Å². The van der Waals surface area contributed by atoms with Crippen molar-refractivity contribution in [3.05, 3.63) is 29.8 Å². The van der Waals surface area contributed by atoms with Crippen LogP contribution in [0, 0.1) is 5.92 Å². The predicted molar refractivity (Wildman–Crippen MR) is 60.4 cm³/mol. The highest BCUT2D eigenvalue weighted by Gasteiger charge is 2.20. The van der Waals surface area contributed by atoms with Crippen molar-refractivity contribution in [3.8, 4) is 0 Å². The Kier molecular flexibility index (Phi) is 3.82. The maximum Gasteiger partial charge on any atom is 0.315 e. The average Bonchev–Trinajstić information content (AvgIpc) is 2.28. The lowest BCUT2D eigenvalue weighted by molar-refractivity contribution is -0.144. The van der Waals surface area contributed by atoms with Crippen LogP contribution in [0.2, 0.25) is 0 Å². The molecule has 6 heteroatoms. The van der Waals surface area contributed by atoms with Crippen molar-refractivity contribution < 1.29 is 19.5 Å². The van der Waals surface area contributed by atoms with Gasteiger partial charge in [-0.1, -0.05) is 6.07 Å². The highest BCUT2D eigenvalue weighted by Crippen LogP contribution is 2.11. The largest absolute Gasteiger partial charge is 0.481 e. The highest BCUT2D eigenvalue weighted by atomic mass is 16.4. The second kappa shape index (κ2) is 5.11. The molecule has 0 aromatic heterocycles. The second-order valence-corrected chi connectivity index (χ2v) is 3.49. The maximum atomic E-state index is 11.4. The van der Waals surface area contributed by atoms with Gasteiger partial charge in [-0.05, 0) is 25.1 Å². The van der Waals surface area contributed by atoms with Gasteiger partial charge in [-0.15, -0.1) is 0 Å². The molecular weight excluding hydrogens is 224 g/mol. The van der Waals surface area contributed by atoms with E-state index in [1.807, 2.05) is 0 Å². The van der Waals surface area contributed by atoms with Crippen LogP contribution in [-0.2, 0) is 9.59 Å². The van der Waals surface area contributed by atoms with Gasteiger partial charge < -0.3 is 16.2 Å². The second-order valence-electron chi connectivity index (χ2n) is 3.49. The normalized spacial score (nSPS) is 11.6. The molecule has 0 radical (unpaired) electrons. The van der Waals surface area contributed by atoms with Gasteiger partial charge in [0.15, 0.2) is 0 Å². The van der Waals surface area contributed by atoms with Crippen LogP contribution in [0.25, 0.3) is 0 Å². The molecule has 0 saturated heterocycles. The molecule has 0 aliphatic carbocycles. The summed E-state index contributed by atoms with van der Waals surface area (Å²) in [5.74, 6) is -3.65. The number of anilines is 1. The number of carboxylic acids is 1. The van der Waals surface area contributed by atoms with Crippen molar-refractivity contribution in [1.29, 1.82) is 0 Å². The van der Waals surface area contributed by atoms with Gasteiger partial charge >= 0.3 is 5.97 Å². The summed E-state index contributed by atoms with van der Waals surface area (Å²) >= 11 is 0. The van der Waals surface area contributed by atoms with Crippen molar-refractivity contribution in [2.45, 2.75) is 6.92 Å². The Bertz CT molecular complexity index is 470. The molecule has 6 nitrogen and oxygen atoms in total. The first-order chi connectivity index (χ1) is 7.91. The summed E-state index contributed by atoms with van der Waals surface area (Å²) in [5, 5.41) is 11.0. The Hall–Kier alpha value is -2.37. The van der Waals surface area contributed by atoms with Gasteiger partial charge in [0.25, 0.3) is 0 Å². The fourth-order valence-corrected chi connectivity index (χ4v) is 1.11. The van der Waals surface area contributed by atoms with Gasteiger partial charge in [-0.25, -0.2) is 0 Å². The lowest BCUT2D eigenvalue weighted by Gasteiger charge is -2.08. The first-order valence-electron chi connectivity index (χ1n) is 4.85. The van der Waals surface area contributed by atoms with Crippen LogP contribution in [-0.4, -0.2) is 22.9 Å². The topological polar surface area (TPSA) is 109 Å². The molecule has 2 amide bonds. The molecule has 0 bridgehead atoms. The molecule has 17 heavy (non-hydrogen) atoms. The zero-order valence-electron chi connectivity index (χ0n) is 9.14. The third-order valence-corrected chi connectivity index (χ3v) is 2.18. The van der Waals surface area contributed by atoms with E-state index in [1.54, 1.807) is 12.1 Å². The molecule has 0 aliphatic rings. The third kappa shape index (κ3) is 3.30. The number of carbonyl (C=O) groups is 3. The number of carboxylic acid groups (broad SMARTS) is 1. The van der Waals surface area contributed by atoms with Gasteiger partial charge in [0.1, 0.15) is 5.92 Å². The quantitative estimate of drug-likeness (QED) is 0.659. The SMILES string of the molecule is CC(C(=O)O)C(=O)Nc1cccc(C(N)=O)c1. The number of rotatable bonds is 4. The summed E-state index contributed by atoms with van der Waals surface area (Å²) < 4.78 is 0. The minimum absolute atomic E-state index is 0.241. The molecule has 1 unspecified atom stereocenters. The summed E-state index contributed by atoms with van der Waals surface area (Å²) in [4.78, 5) is 32.9. The number of nitrogens with two attached hydrogens (primary N) is 1. The van der Waals surface area contributed by atoms with Gasteiger partial charge in [0.2, 0.25) is 11.8 Å². The van der Waals surface area contributed by atoms with E-state index in [9.17, 15) is 14.4 Å². The van der Waals surface area contributed by atoms with Gasteiger partial charge in [0.05, 0.1) is 0 Å². The fourth-order valence-electron chi connectivity index (χ4n) is 1.11. The fraction of sp³-hybridized carbons (Fsp3) is 0.182. The molecule has 90 valence electrons. The molecule has 0 fully saturated rings. The van der Waals surface area contributed by atoms with Crippen molar-refractivity contribution in [3.63, 3.8) is 0 Å². The molecule has 1 atom stereocenters. The number of hydrogen-bond donors (Lipinski definition) is 3. The molecule has 4 N–H and O–H groups in total. The Labute approximate surface area is 97.4 Å². The number of amides is 2. The summed E-state index contributed by atoms with van der Waals surface area (Å²) in [6.45, 7) is 1.27. The number of primary amides is 1. The molecule has 0 heterocycles. The van der Waals surface area contributed by atoms with Gasteiger partial charge in [-0.3, -0.25) is 14.4 Å². The van der Waals surface area contributed by atoms with E-state index in [0.29, 0.717) is 5.69 Å². The zero-order valence-corrected chi connectivity index (χ0v) is 9.14. The first-order valence-corrected chi connectivity index (χ1v) is 4.85. The highest BCUT2D eigenvalue weighted by molar-refractivity contribution is 6.04. The van der Waals surface area contributed by atoms with Crippen molar-refractivity contribution in [2.75, 3.05) is 5.32 Å². The molecule has 1 aromatic rings. The molecule has 0 aliphatic heterocycles. The molecule has 1 rings (SSSR count). The Balaban J connectivity index is 2.82. The molecule has 0 saturated carbocycles. The van der Waals surface area contributed by atoms with Crippen LogP contribution in [0.1, 0.15) is 17.3 Å². The van der Waals surface area contributed by atoms with E-state index < -0.39 is 23.7 Å². The van der Waals surface area contributed by atoms with E-state index >= 15 is 0 Å². The number of aliphatic carboxylic acids is 1. The smallest absolute Gasteiger partial charge is 0.315 e. The zero-order chi connectivity index (χ0) is 13.0. The number of benzene rings is 1. The third-order valence-electron chi connectivity index (χ3n) is 2.18. The van der Waals surface area contributed by atoms with Gasteiger partial charge in [0, 0.05) is 11.3 Å². The monoisotopic (exact) mass is 236 g/mol. The van der Waals surface area contributed by atoms with Crippen LogP contribution in [0.5, 0.6) is 0 Å². The molecule has 1 aromatic carbocycles. The van der Waals surface area contributed by atoms with E-state index in [4.69, 9.17) is 10.8 Å². The number of carbonyl (C=O) groups excluding carboxylic acids is 2. The predicted octanol–water partition coefficient (Wildman–Crippen LogP) is 0.445. The van der Waals surface area contributed by atoms with Crippen LogP contribution < -0.4 is 11.1 Å². The molecular formula is C11H12N2O4. The Morgan fingerprint density at radius 2 is 2.00 bits per heavy atom. The number of nitrogens with one attached hydrogen (secondary N) is 1. The summed E-state index contributed by atoms with van der Waals surface area (Å²) in [5.41, 5.74) is 5.65. The van der Waals surface area contributed by atoms with E-state index in [-0.39, 0.29) is 5.56 Å². The Morgan fingerprint density at radius 3 is 2.53 bits per heavy atom. The summed E-state index contributed by atoms with van der Waals surface area (Å²) in [7, 11) is 0. The maximum absolute atomic E-state index is 11.4. The van der Waals surface area contributed by atoms with E-state index in [0.717, 1.165) is 0 Å². The van der Waals surface area contributed by atoms with Crippen LogP contribution >= 0.6 is 0 Å². The minimum Gasteiger partial charge on any atom is -0.481 e. The lowest BCUT2D eigenvalue weighted by atomic mass is 10.1. The van der Waals surface area contributed by atoms with Crippen LogP contribution in [0.4, 0.5) is 5.69 Å². The molecule has 0 spiro atoms. The van der Waals surface area contributed by atoms with Crippen molar-refractivity contribution >= 4 is 23.5 Å². The summed E-state index contributed by atoms with van der Waals surface area (Å²) in [6, 6.07) is 5.97. The standard InChI is InChI=1S/C11H12N2O4/c1-6(11(16)17)10(15)13-8-4-2-3-7(5-8)9(12)14/h2-6H,1H3,(H2,12,14)(H,13,15)(H,16,17). The van der Waals surface area contributed by atoms with Crippen molar-refractivity contribution in [1.82, 2.24) is 0 Å². The lowest BCUT2D eigenvalue weighted by Crippen LogP contribution is -2.27. The van der Waals surface area contributed by atoms with E-state index in [1.165, 1.54) is 19.1 Å². The first kappa shape index (κ1) is 12.7. The van der Waals surface area contributed by atoms with Crippen LogP contribution in [0.3, 0.4) is 0 Å². The average molecular weight is 236 g/mol. The Morgan fingerprint density at radius 1 is 1.35 bits per heavy atom. The van der Waals surface area contributed by atoms with Gasteiger partial charge in [-0.2, -0.15) is 0 Å². The van der Waals surface area contributed by atoms with Crippen molar-refractivity contribution in [2.24, 2.45) is 11.7 Å². The number of hydrogen-bond acceptors (Lipinski definition) is 3. The minimum atomic E-state index is -1.21.